The van der Waals surface area contributed by atoms with Gasteiger partial charge in [0.2, 0.25) is 0 Å². The highest BCUT2D eigenvalue weighted by Crippen LogP contribution is 2.27. The molecular formula is C13H15NO4. The van der Waals surface area contributed by atoms with Crippen LogP contribution in [-0.4, -0.2) is 20.3 Å². The van der Waals surface area contributed by atoms with Gasteiger partial charge in [0.25, 0.3) is 0 Å². The molecule has 5 nitrogen and oxygen atoms in total. The molecular weight excluding hydrogens is 234 g/mol. The van der Waals surface area contributed by atoms with Crippen LogP contribution < -0.4 is 20.8 Å². The predicted octanol–water partition coefficient (Wildman–Crippen LogP) is 1.53. The molecule has 2 rings (SSSR count). The second kappa shape index (κ2) is 5.55. The molecule has 96 valence electrons. The molecule has 0 unspecified atom stereocenters. The van der Waals surface area contributed by atoms with Crippen LogP contribution in [0.15, 0.2) is 33.5 Å². The van der Waals surface area contributed by atoms with E-state index in [-0.39, 0.29) is 0 Å². The average Bonchev–Trinajstić information content (AvgIpc) is 2.38. The van der Waals surface area contributed by atoms with Gasteiger partial charge in [0, 0.05) is 6.07 Å². The molecule has 0 atom stereocenters. The van der Waals surface area contributed by atoms with Gasteiger partial charge in [0.05, 0.1) is 25.2 Å². The molecule has 0 spiro atoms. The zero-order valence-electron chi connectivity index (χ0n) is 10.1. The summed E-state index contributed by atoms with van der Waals surface area (Å²) in [4.78, 5) is 11.4. The Morgan fingerprint density at radius 3 is 2.89 bits per heavy atom. The summed E-state index contributed by atoms with van der Waals surface area (Å²) in [7, 11) is 1.56. The number of fused-ring (bicyclic) bond motifs is 1. The van der Waals surface area contributed by atoms with E-state index < -0.39 is 5.63 Å². The molecule has 18 heavy (non-hydrogen) atoms. The number of benzene rings is 1. The minimum absolute atomic E-state index is 0.446. The highest BCUT2D eigenvalue weighted by atomic mass is 16.5. The van der Waals surface area contributed by atoms with E-state index in [1.807, 2.05) is 0 Å². The van der Waals surface area contributed by atoms with E-state index in [9.17, 15) is 4.79 Å². The first kappa shape index (κ1) is 12.4. The van der Waals surface area contributed by atoms with Crippen molar-refractivity contribution in [2.75, 3.05) is 20.3 Å². The van der Waals surface area contributed by atoms with Crippen LogP contribution in [0.1, 0.15) is 6.42 Å². The molecule has 0 fully saturated rings. The molecule has 1 aromatic carbocycles. The Bertz CT molecular complexity index is 591. The zero-order chi connectivity index (χ0) is 13.0. The van der Waals surface area contributed by atoms with E-state index in [0.717, 1.165) is 11.8 Å². The minimum Gasteiger partial charge on any atom is -0.497 e. The maximum Gasteiger partial charge on any atom is 0.339 e. The quantitative estimate of drug-likeness (QED) is 0.642. The van der Waals surface area contributed by atoms with E-state index in [1.54, 1.807) is 25.3 Å². The predicted molar refractivity (Wildman–Crippen MR) is 68.2 cm³/mol. The average molecular weight is 249 g/mol. The molecule has 1 aromatic heterocycles. The van der Waals surface area contributed by atoms with Crippen molar-refractivity contribution >= 4 is 11.0 Å². The number of hydrogen-bond acceptors (Lipinski definition) is 5. The van der Waals surface area contributed by atoms with Crippen molar-refractivity contribution in [1.29, 1.82) is 0 Å². The lowest BCUT2D eigenvalue weighted by Gasteiger charge is -2.08. The summed E-state index contributed by atoms with van der Waals surface area (Å²) in [6.07, 6.45) is 0.734. The molecule has 0 amide bonds. The first-order chi connectivity index (χ1) is 8.74. The van der Waals surface area contributed by atoms with Crippen molar-refractivity contribution in [1.82, 2.24) is 0 Å². The van der Waals surface area contributed by atoms with E-state index in [4.69, 9.17) is 19.6 Å². The molecule has 0 aliphatic carbocycles. The second-order valence-electron chi connectivity index (χ2n) is 3.78. The van der Waals surface area contributed by atoms with Gasteiger partial charge < -0.3 is 19.6 Å². The van der Waals surface area contributed by atoms with Crippen LogP contribution in [0.4, 0.5) is 0 Å². The Morgan fingerprint density at radius 1 is 1.33 bits per heavy atom. The smallest absolute Gasteiger partial charge is 0.339 e. The maximum absolute atomic E-state index is 11.4. The summed E-state index contributed by atoms with van der Waals surface area (Å²) in [6.45, 7) is 1.02. The van der Waals surface area contributed by atoms with Crippen LogP contribution in [0.2, 0.25) is 0 Å². The fourth-order valence-corrected chi connectivity index (χ4v) is 1.63. The monoisotopic (exact) mass is 249 g/mol. The van der Waals surface area contributed by atoms with Crippen LogP contribution in [-0.2, 0) is 0 Å². The van der Waals surface area contributed by atoms with Crippen LogP contribution in [0.3, 0.4) is 0 Å². The number of methoxy groups -OCH3 is 1. The molecule has 0 saturated heterocycles. The third kappa shape index (κ3) is 2.62. The number of hydrogen-bond donors (Lipinski definition) is 1. The van der Waals surface area contributed by atoms with E-state index in [1.165, 1.54) is 6.07 Å². The molecule has 0 aliphatic heterocycles. The number of nitrogens with two attached hydrogens (primary N) is 1. The van der Waals surface area contributed by atoms with Crippen molar-refractivity contribution < 1.29 is 13.9 Å². The van der Waals surface area contributed by atoms with E-state index in [0.29, 0.717) is 30.2 Å². The van der Waals surface area contributed by atoms with Crippen molar-refractivity contribution in [3.05, 3.63) is 34.7 Å². The van der Waals surface area contributed by atoms with Gasteiger partial charge in [-0.2, -0.15) is 0 Å². The van der Waals surface area contributed by atoms with E-state index in [2.05, 4.69) is 0 Å². The molecule has 0 aliphatic rings. The molecule has 5 heteroatoms. The molecule has 2 N–H and O–H groups in total. The summed E-state index contributed by atoms with van der Waals surface area (Å²) in [5.41, 5.74) is 5.40. The van der Waals surface area contributed by atoms with Crippen molar-refractivity contribution in [2.24, 2.45) is 5.73 Å². The van der Waals surface area contributed by atoms with Crippen molar-refractivity contribution in [3.63, 3.8) is 0 Å². The summed E-state index contributed by atoms with van der Waals surface area (Å²) >= 11 is 0. The first-order valence-corrected chi connectivity index (χ1v) is 5.69. The Morgan fingerprint density at radius 2 is 2.17 bits per heavy atom. The summed E-state index contributed by atoms with van der Waals surface area (Å²) in [5, 5.41) is 0.743. The highest BCUT2D eigenvalue weighted by Gasteiger charge is 2.07. The first-order valence-electron chi connectivity index (χ1n) is 5.69. The van der Waals surface area contributed by atoms with Gasteiger partial charge in [-0.25, -0.2) is 4.79 Å². The fraction of sp³-hybridized carbons (Fsp3) is 0.308. The summed E-state index contributed by atoms with van der Waals surface area (Å²) < 4.78 is 15.7. The van der Waals surface area contributed by atoms with Crippen LogP contribution in [0.5, 0.6) is 11.5 Å². The minimum atomic E-state index is -0.446. The lowest BCUT2D eigenvalue weighted by molar-refractivity contribution is 0.314. The maximum atomic E-state index is 11.4. The Labute approximate surface area is 104 Å². The van der Waals surface area contributed by atoms with Crippen molar-refractivity contribution in [3.8, 4) is 11.5 Å². The highest BCUT2D eigenvalue weighted by molar-refractivity contribution is 5.84. The normalized spacial score (nSPS) is 10.6. The molecule has 0 saturated carbocycles. The van der Waals surface area contributed by atoms with Gasteiger partial charge in [-0.3, -0.25) is 0 Å². The number of ether oxygens (including phenoxy) is 2. The molecule has 2 aromatic rings. The third-order valence-corrected chi connectivity index (χ3v) is 2.52. The van der Waals surface area contributed by atoms with Crippen LogP contribution in [0, 0.1) is 0 Å². The topological polar surface area (TPSA) is 74.7 Å². The molecule has 0 bridgehead atoms. The Hall–Kier alpha value is -2.01. The largest absolute Gasteiger partial charge is 0.497 e. The van der Waals surface area contributed by atoms with E-state index >= 15 is 0 Å². The van der Waals surface area contributed by atoms with Gasteiger partial charge in [-0.1, -0.05) is 0 Å². The third-order valence-electron chi connectivity index (χ3n) is 2.52. The van der Waals surface area contributed by atoms with Crippen LogP contribution >= 0.6 is 0 Å². The molecule has 1 heterocycles. The standard InChI is InChI=1S/C13H15NO4/c1-16-9-3-4-10-11(17-6-2-5-14)8-13(15)18-12(10)7-9/h3-4,7-8H,2,5-6,14H2,1H3. The van der Waals surface area contributed by atoms with Gasteiger partial charge in [-0.05, 0) is 25.1 Å². The molecule has 0 radical (unpaired) electrons. The number of rotatable bonds is 5. The lowest BCUT2D eigenvalue weighted by atomic mass is 10.2. The second-order valence-corrected chi connectivity index (χ2v) is 3.78. The zero-order valence-corrected chi connectivity index (χ0v) is 10.1. The van der Waals surface area contributed by atoms with Crippen LogP contribution in [0.25, 0.3) is 11.0 Å². The van der Waals surface area contributed by atoms with Gasteiger partial charge in [0.1, 0.15) is 17.1 Å². The Kier molecular flexibility index (Phi) is 3.84. The summed E-state index contributed by atoms with van der Waals surface area (Å²) in [5.74, 6) is 1.14. The summed E-state index contributed by atoms with van der Waals surface area (Å²) in [6, 6.07) is 6.59. The van der Waals surface area contributed by atoms with Gasteiger partial charge in [0.15, 0.2) is 0 Å². The van der Waals surface area contributed by atoms with Gasteiger partial charge in [-0.15, -0.1) is 0 Å². The fourth-order valence-electron chi connectivity index (χ4n) is 1.63. The lowest BCUT2D eigenvalue weighted by Crippen LogP contribution is -2.08. The Balaban J connectivity index is 2.42. The van der Waals surface area contributed by atoms with Crippen molar-refractivity contribution in [2.45, 2.75) is 6.42 Å². The van der Waals surface area contributed by atoms with Gasteiger partial charge >= 0.3 is 5.63 Å². The SMILES string of the molecule is COc1ccc2c(OCCCN)cc(=O)oc2c1.